The maximum atomic E-state index is 11.3. The highest BCUT2D eigenvalue weighted by Gasteiger charge is 2.24. The summed E-state index contributed by atoms with van der Waals surface area (Å²) < 4.78 is 5.59. The second-order valence-electron chi connectivity index (χ2n) is 7.02. The summed E-state index contributed by atoms with van der Waals surface area (Å²) in [6.07, 6.45) is 4.92. The molecule has 1 fully saturated rings. The minimum atomic E-state index is -0.667. The minimum Gasteiger partial charge on any atom is -0.496 e. The van der Waals surface area contributed by atoms with Crippen LogP contribution in [0.4, 0.5) is 0 Å². The van der Waals surface area contributed by atoms with Gasteiger partial charge in [0, 0.05) is 23.5 Å². The second-order valence-corrected chi connectivity index (χ2v) is 7.93. The van der Waals surface area contributed by atoms with E-state index in [4.69, 9.17) is 4.74 Å². The van der Waals surface area contributed by atoms with Gasteiger partial charge in [0.15, 0.2) is 0 Å². The molecule has 3 rings (SSSR count). The summed E-state index contributed by atoms with van der Waals surface area (Å²) in [5.41, 5.74) is 3.57. The number of ether oxygens (including phenoxy) is 1. The predicted molar refractivity (Wildman–Crippen MR) is 111 cm³/mol. The summed E-state index contributed by atoms with van der Waals surface area (Å²) >= 11 is 1.75. The average Bonchev–Trinajstić information content (AvgIpc) is 3.11. The van der Waals surface area contributed by atoms with E-state index in [0.717, 1.165) is 43.7 Å². The van der Waals surface area contributed by atoms with Crippen molar-refractivity contribution in [3.63, 3.8) is 0 Å². The Morgan fingerprint density at radius 2 is 2.19 bits per heavy atom. The Morgan fingerprint density at radius 1 is 1.37 bits per heavy atom. The molecule has 2 heterocycles. The second kappa shape index (κ2) is 9.20. The molecule has 144 valence electrons. The Labute approximate surface area is 165 Å². The largest absolute Gasteiger partial charge is 0.496 e. The third kappa shape index (κ3) is 4.79. The lowest BCUT2D eigenvalue weighted by atomic mass is 9.97. The topological polar surface area (TPSA) is 49.8 Å². The van der Waals surface area contributed by atoms with E-state index in [9.17, 15) is 9.90 Å². The van der Waals surface area contributed by atoms with Gasteiger partial charge < -0.3 is 14.7 Å². The molecule has 1 unspecified atom stereocenters. The molecule has 0 bridgehead atoms. The van der Waals surface area contributed by atoms with Crippen LogP contribution in [0.5, 0.6) is 5.75 Å². The highest BCUT2D eigenvalue weighted by molar-refractivity contribution is 7.11. The van der Waals surface area contributed by atoms with Crippen LogP contribution in [0.3, 0.4) is 0 Å². The van der Waals surface area contributed by atoms with E-state index in [-0.39, 0.29) is 5.92 Å². The van der Waals surface area contributed by atoms with Crippen LogP contribution in [0, 0.1) is 12.8 Å². The number of benzene rings is 1. The van der Waals surface area contributed by atoms with E-state index in [1.807, 2.05) is 18.2 Å². The highest BCUT2D eigenvalue weighted by atomic mass is 32.1. The van der Waals surface area contributed by atoms with Gasteiger partial charge in [0.1, 0.15) is 5.75 Å². The molecule has 0 amide bonds. The van der Waals surface area contributed by atoms with Crippen LogP contribution in [-0.2, 0) is 4.79 Å². The van der Waals surface area contributed by atoms with Crippen LogP contribution >= 0.6 is 11.3 Å². The number of thiophene rings is 1. The molecular weight excluding hydrogens is 358 g/mol. The standard InChI is InChI=1S/C22H27NO3S/c1-16-11-14-27-21(16)19(18-8-3-4-10-20(18)26-2)9-6-13-23-12-5-7-17(15-23)22(24)25/h3-4,8-11,14,17H,5-7,12-13,15H2,1-2H3,(H,24,25). The van der Waals surface area contributed by atoms with E-state index in [0.29, 0.717) is 6.54 Å². The Hall–Kier alpha value is -2.11. The van der Waals surface area contributed by atoms with Crippen molar-refractivity contribution in [2.45, 2.75) is 26.2 Å². The van der Waals surface area contributed by atoms with Gasteiger partial charge in [-0.1, -0.05) is 24.3 Å². The smallest absolute Gasteiger partial charge is 0.307 e. The molecule has 1 saturated heterocycles. The maximum absolute atomic E-state index is 11.3. The fourth-order valence-electron chi connectivity index (χ4n) is 3.69. The van der Waals surface area contributed by atoms with Crippen LogP contribution in [0.2, 0.25) is 0 Å². The van der Waals surface area contributed by atoms with E-state index in [2.05, 4.69) is 35.4 Å². The number of carboxylic acids is 1. The zero-order chi connectivity index (χ0) is 19.2. The van der Waals surface area contributed by atoms with Gasteiger partial charge in [-0.2, -0.15) is 0 Å². The molecule has 2 aromatic rings. The van der Waals surface area contributed by atoms with Gasteiger partial charge in [0.05, 0.1) is 13.0 Å². The summed E-state index contributed by atoms with van der Waals surface area (Å²) in [7, 11) is 1.71. The Morgan fingerprint density at radius 3 is 2.89 bits per heavy atom. The van der Waals surface area contributed by atoms with Gasteiger partial charge in [-0.05, 0) is 61.4 Å². The van der Waals surface area contributed by atoms with Crippen molar-refractivity contribution >= 4 is 22.9 Å². The monoisotopic (exact) mass is 385 g/mol. The first kappa shape index (κ1) is 19.6. The van der Waals surface area contributed by atoms with Crippen LogP contribution in [-0.4, -0.2) is 42.7 Å². The summed E-state index contributed by atoms with van der Waals surface area (Å²) in [6.45, 7) is 4.66. The zero-order valence-corrected chi connectivity index (χ0v) is 16.8. The fourth-order valence-corrected chi connectivity index (χ4v) is 4.67. The van der Waals surface area contributed by atoms with Crippen LogP contribution in [0.15, 0.2) is 41.8 Å². The van der Waals surface area contributed by atoms with Crippen molar-refractivity contribution in [3.05, 3.63) is 57.8 Å². The van der Waals surface area contributed by atoms with Crippen molar-refractivity contribution in [1.29, 1.82) is 0 Å². The first-order chi connectivity index (χ1) is 13.1. The molecule has 27 heavy (non-hydrogen) atoms. The molecule has 0 spiro atoms. The molecule has 1 aliphatic heterocycles. The SMILES string of the molecule is COc1ccccc1C(=CCCN1CCCC(C(=O)O)C1)c1sccc1C. The third-order valence-corrected chi connectivity index (χ3v) is 6.20. The number of hydrogen-bond donors (Lipinski definition) is 1. The molecule has 1 atom stereocenters. The Kier molecular flexibility index (Phi) is 6.69. The molecule has 1 N–H and O–H groups in total. The minimum absolute atomic E-state index is 0.226. The van der Waals surface area contributed by atoms with E-state index in [1.54, 1.807) is 18.4 Å². The normalized spacial score (nSPS) is 18.4. The van der Waals surface area contributed by atoms with Gasteiger partial charge >= 0.3 is 5.97 Å². The summed E-state index contributed by atoms with van der Waals surface area (Å²) in [4.78, 5) is 14.8. The number of hydrogen-bond acceptors (Lipinski definition) is 4. The number of rotatable bonds is 7. The lowest BCUT2D eigenvalue weighted by molar-refractivity contribution is -0.143. The molecule has 5 heteroatoms. The number of nitrogens with zero attached hydrogens (tertiary/aromatic N) is 1. The zero-order valence-electron chi connectivity index (χ0n) is 16.0. The summed E-state index contributed by atoms with van der Waals surface area (Å²) in [6, 6.07) is 10.3. The van der Waals surface area contributed by atoms with Gasteiger partial charge in [-0.15, -0.1) is 11.3 Å². The van der Waals surface area contributed by atoms with Crippen molar-refractivity contribution in [1.82, 2.24) is 4.90 Å². The maximum Gasteiger partial charge on any atom is 0.307 e. The van der Waals surface area contributed by atoms with E-state index >= 15 is 0 Å². The summed E-state index contributed by atoms with van der Waals surface area (Å²) in [5.74, 6) is -0.0180. The van der Waals surface area contributed by atoms with Gasteiger partial charge in [-0.3, -0.25) is 4.79 Å². The van der Waals surface area contributed by atoms with Crippen LogP contribution in [0.25, 0.3) is 5.57 Å². The number of carbonyl (C=O) groups is 1. The van der Waals surface area contributed by atoms with Crippen LogP contribution < -0.4 is 4.74 Å². The first-order valence-corrected chi connectivity index (χ1v) is 10.3. The van der Waals surface area contributed by atoms with Crippen molar-refractivity contribution < 1.29 is 14.6 Å². The quantitative estimate of drug-likeness (QED) is 0.752. The van der Waals surface area contributed by atoms with E-state index in [1.165, 1.54) is 16.0 Å². The number of methoxy groups -OCH3 is 1. The molecule has 4 nitrogen and oxygen atoms in total. The lowest BCUT2D eigenvalue weighted by Gasteiger charge is -2.30. The number of piperidine rings is 1. The molecule has 0 saturated carbocycles. The Balaban J connectivity index is 1.79. The number of para-hydroxylation sites is 1. The summed E-state index contributed by atoms with van der Waals surface area (Å²) in [5, 5.41) is 11.4. The van der Waals surface area contributed by atoms with Gasteiger partial charge in [0.25, 0.3) is 0 Å². The molecule has 1 aromatic carbocycles. The fraction of sp³-hybridized carbons (Fsp3) is 0.409. The average molecular weight is 386 g/mol. The lowest BCUT2D eigenvalue weighted by Crippen LogP contribution is -2.39. The molecule has 0 radical (unpaired) electrons. The van der Waals surface area contributed by atoms with Crippen molar-refractivity contribution in [3.8, 4) is 5.75 Å². The van der Waals surface area contributed by atoms with Crippen molar-refractivity contribution in [2.24, 2.45) is 5.92 Å². The number of aliphatic carboxylic acids is 1. The predicted octanol–water partition coefficient (Wildman–Crippen LogP) is 4.68. The number of carboxylic acid groups (broad SMARTS) is 1. The molecule has 0 aliphatic carbocycles. The number of likely N-dealkylation sites (tertiary alicyclic amines) is 1. The van der Waals surface area contributed by atoms with Crippen molar-refractivity contribution in [2.75, 3.05) is 26.7 Å². The van der Waals surface area contributed by atoms with Crippen LogP contribution in [0.1, 0.15) is 35.3 Å². The molecule has 1 aromatic heterocycles. The Bertz CT molecular complexity index is 811. The molecule has 1 aliphatic rings. The van der Waals surface area contributed by atoms with Gasteiger partial charge in [0.2, 0.25) is 0 Å². The first-order valence-electron chi connectivity index (χ1n) is 9.43. The van der Waals surface area contributed by atoms with E-state index < -0.39 is 5.97 Å². The highest BCUT2D eigenvalue weighted by Crippen LogP contribution is 2.35. The number of aryl methyl sites for hydroxylation is 1. The molecular formula is C22H27NO3S. The third-order valence-electron chi connectivity index (χ3n) is 5.15. The van der Waals surface area contributed by atoms with Gasteiger partial charge in [-0.25, -0.2) is 0 Å².